The molecule has 2 rings (SSSR count). The Bertz CT molecular complexity index is 471. The molecule has 1 saturated heterocycles. The summed E-state index contributed by atoms with van der Waals surface area (Å²) in [4.78, 5) is 25.6. The summed E-state index contributed by atoms with van der Waals surface area (Å²) in [6, 6.07) is 6.97. The van der Waals surface area contributed by atoms with Gasteiger partial charge in [-0.3, -0.25) is 9.59 Å². The number of amides is 2. The van der Waals surface area contributed by atoms with E-state index in [1.54, 1.807) is 29.2 Å². The van der Waals surface area contributed by atoms with Crippen LogP contribution in [0.3, 0.4) is 0 Å². The number of carbonyl (C=O) groups is 2. The molecule has 5 heteroatoms. The van der Waals surface area contributed by atoms with E-state index in [-0.39, 0.29) is 18.4 Å². The third-order valence-corrected chi connectivity index (χ3v) is 3.45. The predicted octanol–water partition coefficient (Wildman–Crippen LogP) is 2.00. The van der Waals surface area contributed by atoms with Crippen molar-refractivity contribution in [3.8, 4) is 0 Å². The quantitative estimate of drug-likeness (QED) is 0.828. The van der Waals surface area contributed by atoms with E-state index in [1.807, 2.05) is 0 Å². The summed E-state index contributed by atoms with van der Waals surface area (Å²) in [7, 11) is 0. The molecular weight excluding hydrogens is 254 g/mol. The van der Waals surface area contributed by atoms with Crippen molar-refractivity contribution in [1.29, 1.82) is 0 Å². The smallest absolute Gasteiger partial charge is 0.243 e. The van der Waals surface area contributed by atoms with E-state index >= 15 is 0 Å². The zero-order valence-electron chi connectivity index (χ0n) is 11.6. The van der Waals surface area contributed by atoms with Crippen LogP contribution in [-0.2, 0) is 9.59 Å². The molecule has 1 aromatic rings. The maximum Gasteiger partial charge on any atom is 0.243 e. The number of rotatable bonds is 3. The first-order chi connectivity index (χ1) is 9.65. The Labute approximate surface area is 119 Å². The molecule has 20 heavy (non-hydrogen) atoms. The SMILES string of the molecule is Nc1ccc(NC(=O)CN2CCCCCCC2=O)cc1. The molecule has 3 N–H and O–H groups in total. The molecule has 0 bridgehead atoms. The second-order valence-electron chi connectivity index (χ2n) is 5.15. The van der Waals surface area contributed by atoms with Crippen LogP contribution in [0.15, 0.2) is 24.3 Å². The lowest BCUT2D eigenvalue weighted by molar-refractivity contribution is -0.135. The van der Waals surface area contributed by atoms with Crippen LogP contribution in [0.1, 0.15) is 32.1 Å². The lowest BCUT2D eigenvalue weighted by atomic mass is 10.1. The molecule has 108 valence electrons. The Kier molecular flexibility index (Phi) is 4.98. The Morgan fingerprint density at radius 2 is 1.85 bits per heavy atom. The lowest BCUT2D eigenvalue weighted by Crippen LogP contribution is -2.39. The van der Waals surface area contributed by atoms with Gasteiger partial charge in [-0.2, -0.15) is 0 Å². The molecule has 0 unspecified atom stereocenters. The highest BCUT2D eigenvalue weighted by atomic mass is 16.2. The number of nitrogens with two attached hydrogens (primary N) is 1. The van der Waals surface area contributed by atoms with Crippen LogP contribution in [-0.4, -0.2) is 29.8 Å². The number of anilines is 2. The molecule has 0 aromatic heterocycles. The van der Waals surface area contributed by atoms with Crippen LogP contribution in [0, 0.1) is 0 Å². The first-order valence-corrected chi connectivity index (χ1v) is 7.08. The van der Waals surface area contributed by atoms with Crippen molar-refractivity contribution in [2.24, 2.45) is 0 Å². The van der Waals surface area contributed by atoms with E-state index < -0.39 is 0 Å². The van der Waals surface area contributed by atoms with Crippen molar-refractivity contribution in [3.63, 3.8) is 0 Å². The van der Waals surface area contributed by atoms with Gasteiger partial charge in [0, 0.05) is 24.3 Å². The Morgan fingerprint density at radius 1 is 1.15 bits per heavy atom. The minimum atomic E-state index is -0.163. The Hall–Kier alpha value is -2.04. The fraction of sp³-hybridized carbons (Fsp3) is 0.467. The highest BCUT2D eigenvalue weighted by Crippen LogP contribution is 2.13. The number of nitrogens with one attached hydrogen (secondary N) is 1. The van der Waals surface area contributed by atoms with E-state index in [9.17, 15) is 9.59 Å². The summed E-state index contributed by atoms with van der Waals surface area (Å²) in [5.74, 6) is -0.0825. The zero-order valence-corrected chi connectivity index (χ0v) is 11.6. The molecule has 1 aromatic carbocycles. The number of carbonyl (C=O) groups excluding carboxylic acids is 2. The normalized spacial score (nSPS) is 16.4. The minimum absolute atomic E-state index is 0.0807. The number of nitrogen functional groups attached to an aromatic ring is 1. The summed E-state index contributed by atoms with van der Waals surface area (Å²) in [6.45, 7) is 0.803. The van der Waals surface area contributed by atoms with Gasteiger partial charge in [0.25, 0.3) is 0 Å². The van der Waals surface area contributed by atoms with Crippen LogP contribution < -0.4 is 11.1 Å². The van der Waals surface area contributed by atoms with E-state index in [1.165, 1.54) is 0 Å². The van der Waals surface area contributed by atoms with Gasteiger partial charge < -0.3 is 16.0 Å². The molecule has 1 heterocycles. The van der Waals surface area contributed by atoms with Gasteiger partial charge in [0.2, 0.25) is 11.8 Å². The lowest BCUT2D eigenvalue weighted by Gasteiger charge is -2.24. The molecule has 0 radical (unpaired) electrons. The Morgan fingerprint density at radius 3 is 2.60 bits per heavy atom. The summed E-state index contributed by atoms with van der Waals surface area (Å²) in [6.07, 6.45) is 4.69. The topological polar surface area (TPSA) is 75.4 Å². The average Bonchev–Trinajstić information content (AvgIpc) is 2.41. The third-order valence-electron chi connectivity index (χ3n) is 3.45. The summed E-state index contributed by atoms with van der Waals surface area (Å²) in [5, 5.41) is 2.78. The fourth-order valence-electron chi connectivity index (χ4n) is 2.32. The first-order valence-electron chi connectivity index (χ1n) is 7.08. The van der Waals surface area contributed by atoms with Crippen LogP contribution in [0.5, 0.6) is 0 Å². The van der Waals surface area contributed by atoms with Crippen molar-refractivity contribution in [3.05, 3.63) is 24.3 Å². The average molecular weight is 275 g/mol. The van der Waals surface area contributed by atoms with Crippen LogP contribution in [0.25, 0.3) is 0 Å². The summed E-state index contributed by atoms with van der Waals surface area (Å²) >= 11 is 0. The molecule has 0 saturated carbocycles. The fourth-order valence-corrected chi connectivity index (χ4v) is 2.32. The molecular formula is C15H21N3O2. The molecule has 1 aliphatic heterocycles. The maximum atomic E-state index is 12.0. The van der Waals surface area contributed by atoms with Crippen molar-refractivity contribution < 1.29 is 9.59 Å². The van der Waals surface area contributed by atoms with Crippen molar-refractivity contribution in [2.45, 2.75) is 32.1 Å². The van der Waals surface area contributed by atoms with E-state index in [4.69, 9.17) is 5.73 Å². The largest absolute Gasteiger partial charge is 0.399 e. The summed E-state index contributed by atoms with van der Waals surface area (Å²) < 4.78 is 0. The monoisotopic (exact) mass is 275 g/mol. The molecule has 0 atom stereocenters. The highest BCUT2D eigenvalue weighted by Gasteiger charge is 2.18. The molecule has 1 fully saturated rings. The number of benzene rings is 1. The second-order valence-corrected chi connectivity index (χ2v) is 5.15. The standard InChI is InChI=1S/C15H21N3O2/c16-12-6-8-13(9-7-12)17-14(19)11-18-10-4-2-1-3-5-15(18)20/h6-9H,1-5,10-11,16H2,(H,17,19). The van der Waals surface area contributed by atoms with Crippen LogP contribution in [0.2, 0.25) is 0 Å². The number of likely N-dealkylation sites (tertiary alicyclic amines) is 1. The molecule has 1 aliphatic rings. The van der Waals surface area contributed by atoms with Gasteiger partial charge in [-0.05, 0) is 37.1 Å². The van der Waals surface area contributed by atoms with Gasteiger partial charge >= 0.3 is 0 Å². The number of hydrogen-bond acceptors (Lipinski definition) is 3. The first kappa shape index (κ1) is 14.4. The Balaban J connectivity index is 1.89. The van der Waals surface area contributed by atoms with Crippen molar-refractivity contribution >= 4 is 23.2 Å². The van der Waals surface area contributed by atoms with Crippen molar-refractivity contribution in [2.75, 3.05) is 24.1 Å². The predicted molar refractivity (Wildman–Crippen MR) is 79.1 cm³/mol. The number of nitrogens with zero attached hydrogens (tertiary/aromatic N) is 1. The second kappa shape index (κ2) is 6.93. The number of hydrogen-bond donors (Lipinski definition) is 2. The van der Waals surface area contributed by atoms with Gasteiger partial charge in [-0.25, -0.2) is 0 Å². The van der Waals surface area contributed by atoms with E-state index in [0.29, 0.717) is 24.3 Å². The molecule has 5 nitrogen and oxygen atoms in total. The van der Waals surface area contributed by atoms with Gasteiger partial charge in [0.1, 0.15) is 0 Å². The van der Waals surface area contributed by atoms with E-state index in [0.717, 1.165) is 25.7 Å². The highest BCUT2D eigenvalue weighted by molar-refractivity contribution is 5.94. The zero-order chi connectivity index (χ0) is 14.4. The van der Waals surface area contributed by atoms with E-state index in [2.05, 4.69) is 5.32 Å². The van der Waals surface area contributed by atoms with Gasteiger partial charge in [0.15, 0.2) is 0 Å². The third kappa shape index (κ3) is 4.26. The molecule has 0 aliphatic carbocycles. The van der Waals surface area contributed by atoms with Crippen molar-refractivity contribution in [1.82, 2.24) is 4.90 Å². The maximum absolute atomic E-state index is 12.0. The van der Waals surface area contributed by atoms with Gasteiger partial charge in [-0.15, -0.1) is 0 Å². The minimum Gasteiger partial charge on any atom is -0.399 e. The van der Waals surface area contributed by atoms with Crippen LogP contribution in [0.4, 0.5) is 11.4 Å². The van der Waals surface area contributed by atoms with Gasteiger partial charge in [0.05, 0.1) is 6.54 Å². The molecule has 2 amide bonds. The van der Waals surface area contributed by atoms with Gasteiger partial charge in [-0.1, -0.05) is 12.8 Å². The summed E-state index contributed by atoms with van der Waals surface area (Å²) in [5.41, 5.74) is 6.94. The van der Waals surface area contributed by atoms with Crippen LogP contribution >= 0.6 is 0 Å². The molecule has 0 spiro atoms.